The molecule has 0 aromatic heterocycles. The molecule has 2 unspecified atom stereocenters. The van der Waals surface area contributed by atoms with Crippen molar-refractivity contribution in [3.05, 3.63) is 23.8 Å². The van der Waals surface area contributed by atoms with E-state index in [0.29, 0.717) is 0 Å². The lowest BCUT2D eigenvalue weighted by molar-refractivity contribution is -0.119. The number of anilines is 1. The average Bonchev–Trinajstić information content (AvgIpc) is 2.25. The second-order valence-corrected chi connectivity index (χ2v) is 5.08. The summed E-state index contributed by atoms with van der Waals surface area (Å²) in [5.74, 6) is -2.59. The van der Waals surface area contributed by atoms with Gasteiger partial charge < -0.3 is 11.1 Å². The lowest BCUT2D eigenvalue weighted by Crippen LogP contribution is -2.33. The zero-order valence-corrected chi connectivity index (χ0v) is 10.1. The second-order valence-electron chi connectivity index (χ2n) is 3.37. The first-order chi connectivity index (χ1) is 7.88. The molecule has 0 aliphatic carbocycles. The minimum atomic E-state index is -2.11. The molecule has 17 heavy (non-hydrogen) atoms. The first kappa shape index (κ1) is 13.6. The van der Waals surface area contributed by atoms with Crippen LogP contribution in [0.15, 0.2) is 17.0 Å². The number of halogens is 2. The molecule has 3 N–H and O–H groups in total. The highest BCUT2D eigenvalue weighted by atomic mass is 32.2. The van der Waals surface area contributed by atoms with Gasteiger partial charge in [-0.15, -0.1) is 0 Å². The number of benzene rings is 1. The van der Waals surface area contributed by atoms with Crippen LogP contribution in [-0.4, -0.2) is 22.4 Å². The molecule has 0 saturated carbocycles. The van der Waals surface area contributed by atoms with Crippen molar-refractivity contribution < 1.29 is 17.8 Å². The summed E-state index contributed by atoms with van der Waals surface area (Å²) >= 11 is 0. The van der Waals surface area contributed by atoms with Crippen molar-refractivity contribution in [3.63, 3.8) is 0 Å². The summed E-state index contributed by atoms with van der Waals surface area (Å²) in [7, 11) is -0.754. The Bertz CT molecular complexity index is 456. The Balaban J connectivity index is 3.17. The third-order valence-corrected chi connectivity index (χ3v) is 3.81. The van der Waals surface area contributed by atoms with E-state index in [1.54, 1.807) is 0 Å². The van der Waals surface area contributed by atoms with Gasteiger partial charge in [0.15, 0.2) is 0 Å². The topological polar surface area (TPSA) is 72.2 Å². The van der Waals surface area contributed by atoms with E-state index in [4.69, 9.17) is 5.73 Å². The van der Waals surface area contributed by atoms with Crippen molar-refractivity contribution in [1.82, 2.24) is 5.32 Å². The zero-order valence-electron chi connectivity index (χ0n) is 9.29. The van der Waals surface area contributed by atoms with Crippen molar-refractivity contribution in [3.8, 4) is 0 Å². The van der Waals surface area contributed by atoms with Gasteiger partial charge in [-0.1, -0.05) is 0 Å². The standard InChI is InChI=1S/C10H12F2N2O2S/c1-5(10(15)14-2)17(16)9-7(11)3-6(13)4-8(9)12/h3-5H,13H2,1-2H3,(H,14,15). The molecular weight excluding hydrogens is 250 g/mol. The molecule has 2 atom stereocenters. The Morgan fingerprint density at radius 1 is 1.41 bits per heavy atom. The molecule has 0 aliphatic heterocycles. The van der Waals surface area contributed by atoms with E-state index in [-0.39, 0.29) is 5.69 Å². The van der Waals surface area contributed by atoms with Gasteiger partial charge in [-0.05, 0) is 19.1 Å². The van der Waals surface area contributed by atoms with E-state index in [1.165, 1.54) is 14.0 Å². The monoisotopic (exact) mass is 262 g/mol. The summed E-state index contributed by atoms with van der Waals surface area (Å²) in [4.78, 5) is 10.6. The fraction of sp³-hybridized carbons (Fsp3) is 0.300. The van der Waals surface area contributed by atoms with Gasteiger partial charge in [-0.3, -0.25) is 9.00 Å². The first-order valence-electron chi connectivity index (χ1n) is 4.75. The van der Waals surface area contributed by atoms with Gasteiger partial charge in [-0.2, -0.15) is 0 Å². The molecule has 1 aromatic rings. The van der Waals surface area contributed by atoms with Crippen molar-refractivity contribution in [2.75, 3.05) is 12.8 Å². The SMILES string of the molecule is CNC(=O)C(C)S(=O)c1c(F)cc(N)cc1F. The van der Waals surface area contributed by atoms with Gasteiger partial charge in [0.2, 0.25) is 5.91 Å². The van der Waals surface area contributed by atoms with Crippen molar-refractivity contribution in [1.29, 1.82) is 0 Å². The van der Waals surface area contributed by atoms with Gasteiger partial charge in [0, 0.05) is 12.7 Å². The molecule has 0 radical (unpaired) electrons. The first-order valence-corrected chi connectivity index (χ1v) is 5.96. The van der Waals surface area contributed by atoms with Crippen LogP contribution < -0.4 is 11.1 Å². The van der Waals surface area contributed by atoms with Gasteiger partial charge in [-0.25, -0.2) is 8.78 Å². The van der Waals surface area contributed by atoms with Crippen molar-refractivity contribution in [2.45, 2.75) is 17.1 Å². The maximum absolute atomic E-state index is 13.4. The Morgan fingerprint density at radius 2 is 1.88 bits per heavy atom. The Morgan fingerprint density at radius 3 is 2.29 bits per heavy atom. The summed E-state index contributed by atoms with van der Waals surface area (Å²) in [6, 6.07) is 1.74. The third kappa shape index (κ3) is 2.79. The molecule has 0 bridgehead atoms. The predicted molar refractivity (Wildman–Crippen MR) is 60.7 cm³/mol. The minimum Gasteiger partial charge on any atom is -0.399 e. The van der Waals surface area contributed by atoms with Crippen LogP contribution in [-0.2, 0) is 15.6 Å². The molecule has 4 nitrogen and oxygen atoms in total. The van der Waals surface area contributed by atoms with Crippen LogP contribution in [0.5, 0.6) is 0 Å². The summed E-state index contributed by atoms with van der Waals surface area (Å²) in [6.45, 7) is 1.32. The van der Waals surface area contributed by atoms with Crippen LogP contribution in [0, 0.1) is 11.6 Å². The van der Waals surface area contributed by atoms with Crippen molar-refractivity contribution >= 4 is 22.4 Å². The van der Waals surface area contributed by atoms with E-state index in [2.05, 4.69) is 5.32 Å². The number of nitrogens with one attached hydrogen (secondary N) is 1. The number of nitrogen functional groups attached to an aromatic ring is 1. The molecule has 1 amide bonds. The Labute approximate surface area is 99.6 Å². The lowest BCUT2D eigenvalue weighted by atomic mass is 10.3. The molecule has 1 aromatic carbocycles. The maximum Gasteiger partial charge on any atom is 0.235 e. The van der Waals surface area contributed by atoms with Gasteiger partial charge >= 0.3 is 0 Å². The van der Waals surface area contributed by atoms with Crippen molar-refractivity contribution in [2.24, 2.45) is 0 Å². The van der Waals surface area contributed by atoms with E-state index >= 15 is 0 Å². The van der Waals surface area contributed by atoms with Crippen LogP contribution in [0.2, 0.25) is 0 Å². The maximum atomic E-state index is 13.4. The second kappa shape index (κ2) is 5.22. The highest BCUT2D eigenvalue weighted by Gasteiger charge is 2.26. The fourth-order valence-electron chi connectivity index (χ4n) is 1.25. The van der Waals surface area contributed by atoms with Gasteiger partial charge in [0.1, 0.15) is 21.8 Å². The predicted octanol–water partition coefficient (Wildman–Crippen LogP) is 0.789. The zero-order chi connectivity index (χ0) is 13.2. The van der Waals surface area contributed by atoms with E-state index in [1.807, 2.05) is 0 Å². The molecule has 94 valence electrons. The number of amides is 1. The number of nitrogens with two attached hydrogens (primary N) is 1. The molecule has 0 spiro atoms. The Kier molecular flexibility index (Phi) is 4.17. The summed E-state index contributed by atoms with van der Waals surface area (Å²) < 4.78 is 38.7. The highest BCUT2D eigenvalue weighted by Crippen LogP contribution is 2.22. The number of hydrogen-bond acceptors (Lipinski definition) is 3. The number of hydrogen-bond donors (Lipinski definition) is 2. The van der Waals surface area contributed by atoms with E-state index in [0.717, 1.165) is 12.1 Å². The summed E-state index contributed by atoms with van der Waals surface area (Å²) in [5, 5.41) is 1.22. The summed E-state index contributed by atoms with van der Waals surface area (Å²) in [6.07, 6.45) is 0. The van der Waals surface area contributed by atoms with Gasteiger partial charge in [0.05, 0.1) is 10.8 Å². The molecule has 0 fully saturated rings. The van der Waals surface area contributed by atoms with Crippen LogP contribution >= 0.6 is 0 Å². The molecule has 0 saturated heterocycles. The highest BCUT2D eigenvalue weighted by molar-refractivity contribution is 7.86. The fourth-order valence-corrected chi connectivity index (χ4v) is 2.42. The third-order valence-electron chi connectivity index (χ3n) is 2.16. The largest absolute Gasteiger partial charge is 0.399 e. The van der Waals surface area contributed by atoms with Crippen LogP contribution in [0.4, 0.5) is 14.5 Å². The Hall–Kier alpha value is -1.50. The molecule has 7 heteroatoms. The molecule has 1 rings (SSSR count). The number of carbonyl (C=O) groups is 1. The van der Waals surface area contributed by atoms with Gasteiger partial charge in [0.25, 0.3) is 0 Å². The number of rotatable bonds is 3. The smallest absolute Gasteiger partial charge is 0.235 e. The molecule has 0 heterocycles. The normalized spacial score (nSPS) is 14.1. The molecular formula is C10H12F2N2O2S. The minimum absolute atomic E-state index is 0.103. The van der Waals surface area contributed by atoms with Crippen LogP contribution in [0.25, 0.3) is 0 Å². The summed E-state index contributed by atoms with van der Waals surface area (Å²) in [5.41, 5.74) is 5.13. The van der Waals surface area contributed by atoms with Crippen LogP contribution in [0.3, 0.4) is 0 Å². The van der Waals surface area contributed by atoms with Crippen LogP contribution in [0.1, 0.15) is 6.92 Å². The van der Waals surface area contributed by atoms with E-state index in [9.17, 15) is 17.8 Å². The molecule has 0 aliphatic rings. The van der Waals surface area contributed by atoms with E-state index < -0.39 is 38.5 Å². The lowest BCUT2D eigenvalue weighted by Gasteiger charge is -2.11. The quantitative estimate of drug-likeness (QED) is 0.791. The number of carbonyl (C=O) groups excluding carboxylic acids is 1. The average molecular weight is 262 g/mol.